The van der Waals surface area contributed by atoms with Gasteiger partial charge >= 0.3 is 6.09 Å². The molecule has 0 spiro atoms. The molecule has 16 heavy (non-hydrogen) atoms. The van der Waals surface area contributed by atoms with Crippen LogP contribution in [0, 0.1) is 5.92 Å². The summed E-state index contributed by atoms with van der Waals surface area (Å²) < 4.78 is 4.87. The largest absolute Gasteiger partial charge is 0.447 e. The summed E-state index contributed by atoms with van der Waals surface area (Å²) in [7, 11) is 0. The van der Waals surface area contributed by atoms with Crippen molar-refractivity contribution in [2.24, 2.45) is 5.92 Å². The first-order chi connectivity index (χ1) is 7.32. The van der Waals surface area contributed by atoms with Gasteiger partial charge in [0.1, 0.15) is 6.04 Å². The van der Waals surface area contributed by atoms with Crippen LogP contribution in [0.2, 0.25) is 0 Å². The first-order valence-electron chi connectivity index (χ1n) is 5.57. The highest BCUT2D eigenvalue weighted by molar-refractivity contribution is 5.85. The maximum Gasteiger partial charge on any atom is 0.408 e. The van der Waals surface area contributed by atoms with Crippen molar-refractivity contribution in [2.75, 3.05) is 6.54 Å². The molecule has 1 unspecified atom stereocenters. The monoisotopic (exact) mass is 230 g/mol. The van der Waals surface area contributed by atoms with Crippen LogP contribution in [0.15, 0.2) is 0 Å². The minimum absolute atomic E-state index is 0.189. The maximum absolute atomic E-state index is 11.5. The fourth-order valence-corrected chi connectivity index (χ4v) is 0.948. The summed E-state index contributed by atoms with van der Waals surface area (Å²) in [5.41, 5.74) is 0. The normalized spacial score (nSPS) is 12.4. The lowest BCUT2D eigenvalue weighted by Crippen LogP contribution is -2.46. The summed E-state index contributed by atoms with van der Waals surface area (Å²) in [5, 5.41) is 5.19. The van der Waals surface area contributed by atoms with Gasteiger partial charge in [0, 0.05) is 6.54 Å². The zero-order valence-corrected chi connectivity index (χ0v) is 10.7. The average molecular weight is 230 g/mol. The smallest absolute Gasteiger partial charge is 0.408 e. The van der Waals surface area contributed by atoms with Gasteiger partial charge in [-0.3, -0.25) is 4.79 Å². The molecular weight excluding hydrogens is 208 g/mol. The lowest BCUT2D eigenvalue weighted by molar-refractivity contribution is -0.122. The number of hydrogen-bond acceptors (Lipinski definition) is 3. The summed E-state index contributed by atoms with van der Waals surface area (Å²) in [5.74, 6) is 0.188. The van der Waals surface area contributed by atoms with Crippen molar-refractivity contribution >= 4 is 12.0 Å². The Morgan fingerprint density at radius 2 is 1.69 bits per heavy atom. The molecule has 0 heterocycles. The van der Waals surface area contributed by atoms with Gasteiger partial charge in [0.25, 0.3) is 0 Å². The lowest BCUT2D eigenvalue weighted by Gasteiger charge is -2.16. The highest BCUT2D eigenvalue weighted by Gasteiger charge is 2.16. The molecule has 0 fully saturated rings. The molecule has 94 valence electrons. The molecule has 0 rings (SSSR count). The zero-order valence-electron chi connectivity index (χ0n) is 10.7. The first-order valence-corrected chi connectivity index (χ1v) is 5.57. The van der Waals surface area contributed by atoms with Crippen LogP contribution in [0.3, 0.4) is 0 Å². The summed E-state index contributed by atoms with van der Waals surface area (Å²) in [6.45, 7) is 9.74. The van der Waals surface area contributed by atoms with E-state index in [9.17, 15) is 9.59 Å². The number of carbonyl (C=O) groups excluding carboxylic acids is 2. The van der Waals surface area contributed by atoms with Crippen LogP contribution in [0.1, 0.15) is 34.6 Å². The van der Waals surface area contributed by atoms with Crippen LogP contribution in [-0.2, 0) is 9.53 Å². The quantitative estimate of drug-likeness (QED) is 0.747. The number of amides is 2. The summed E-state index contributed by atoms with van der Waals surface area (Å²) in [6.07, 6.45) is -0.756. The molecule has 0 saturated carbocycles. The average Bonchev–Trinajstić information content (AvgIpc) is 2.12. The Kier molecular flexibility index (Phi) is 6.53. The van der Waals surface area contributed by atoms with Gasteiger partial charge in [0.05, 0.1) is 6.10 Å². The third kappa shape index (κ3) is 7.09. The van der Waals surface area contributed by atoms with Gasteiger partial charge in [0.2, 0.25) is 5.91 Å². The SMILES string of the molecule is CC(C)CNC(=O)C(C)NC(=O)OC(C)C. The van der Waals surface area contributed by atoms with Crippen LogP contribution in [-0.4, -0.2) is 30.7 Å². The zero-order chi connectivity index (χ0) is 12.7. The Hall–Kier alpha value is -1.26. The Bertz CT molecular complexity index is 239. The Morgan fingerprint density at radius 1 is 1.12 bits per heavy atom. The molecule has 0 aromatic rings. The summed E-state index contributed by atoms with van der Waals surface area (Å²) in [6, 6.07) is -0.579. The van der Waals surface area contributed by atoms with Crippen molar-refractivity contribution in [3.63, 3.8) is 0 Å². The molecule has 5 nitrogen and oxygen atoms in total. The predicted molar refractivity (Wildman–Crippen MR) is 62.1 cm³/mol. The van der Waals surface area contributed by atoms with Crippen molar-refractivity contribution in [3.05, 3.63) is 0 Å². The molecule has 0 saturated heterocycles. The highest BCUT2D eigenvalue weighted by atomic mass is 16.6. The lowest BCUT2D eigenvalue weighted by atomic mass is 10.2. The fraction of sp³-hybridized carbons (Fsp3) is 0.818. The van der Waals surface area contributed by atoms with Gasteiger partial charge in [-0.1, -0.05) is 13.8 Å². The Balaban J connectivity index is 3.91. The van der Waals surface area contributed by atoms with Crippen molar-refractivity contribution in [3.8, 4) is 0 Å². The molecular formula is C11H22N2O3. The fourth-order valence-electron chi connectivity index (χ4n) is 0.948. The van der Waals surface area contributed by atoms with Gasteiger partial charge in [-0.05, 0) is 26.7 Å². The summed E-state index contributed by atoms with van der Waals surface area (Å²) in [4.78, 5) is 22.7. The Morgan fingerprint density at radius 3 is 2.12 bits per heavy atom. The minimum Gasteiger partial charge on any atom is -0.447 e. The molecule has 5 heteroatoms. The van der Waals surface area contributed by atoms with E-state index in [4.69, 9.17) is 4.74 Å². The number of carbonyl (C=O) groups is 2. The van der Waals surface area contributed by atoms with Gasteiger partial charge in [-0.2, -0.15) is 0 Å². The van der Waals surface area contributed by atoms with E-state index in [-0.39, 0.29) is 12.0 Å². The first kappa shape index (κ1) is 14.7. The molecule has 0 aliphatic rings. The molecule has 1 atom stereocenters. The molecule has 0 aliphatic heterocycles. The van der Waals surface area contributed by atoms with Crippen molar-refractivity contribution < 1.29 is 14.3 Å². The number of hydrogen-bond donors (Lipinski definition) is 2. The van der Waals surface area contributed by atoms with E-state index in [2.05, 4.69) is 10.6 Å². The minimum atomic E-state index is -0.579. The maximum atomic E-state index is 11.5. The van der Waals surface area contributed by atoms with Gasteiger partial charge in [-0.15, -0.1) is 0 Å². The van der Waals surface area contributed by atoms with E-state index in [1.807, 2.05) is 13.8 Å². The van der Waals surface area contributed by atoms with Crippen LogP contribution >= 0.6 is 0 Å². The van der Waals surface area contributed by atoms with Gasteiger partial charge in [-0.25, -0.2) is 4.79 Å². The van der Waals surface area contributed by atoms with E-state index < -0.39 is 12.1 Å². The van der Waals surface area contributed by atoms with Crippen LogP contribution in [0.4, 0.5) is 4.79 Å². The van der Waals surface area contributed by atoms with Crippen molar-refractivity contribution in [2.45, 2.75) is 46.8 Å². The van der Waals surface area contributed by atoms with Crippen molar-refractivity contribution in [1.29, 1.82) is 0 Å². The predicted octanol–water partition coefficient (Wildman–Crippen LogP) is 1.28. The molecule has 0 bridgehead atoms. The highest BCUT2D eigenvalue weighted by Crippen LogP contribution is 1.92. The summed E-state index contributed by atoms with van der Waals surface area (Å²) >= 11 is 0. The third-order valence-electron chi connectivity index (χ3n) is 1.75. The molecule has 2 amide bonds. The van der Waals surface area contributed by atoms with E-state index >= 15 is 0 Å². The van der Waals surface area contributed by atoms with E-state index in [1.54, 1.807) is 20.8 Å². The standard InChI is InChI=1S/C11H22N2O3/c1-7(2)6-12-10(14)9(5)13-11(15)16-8(3)4/h7-9H,6H2,1-5H3,(H,12,14)(H,13,15). The number of ether oxygens (including phenoxy) is 1. The van der Waals surface area contributed by atoms with Crippen LogP contribution in [0.25, 0.3) is 0 Å². The van der Waals surface area contributed by atoms with Gasteiger partial charge in [0.15, 0.2) is 0 Å². The number of nitrogens with one attached hydrogen (secondary N) is 2. The van der Waals surface area contributed by atoms with E-state index in [0.717, 1.165) is 0 Å². The molecule has 0 aromatic heterocycles. The van der Waals surface area contributed by atoms with Crippen LogP contribution < -0.4 is 10.6 Å². The third-order valence-corrected chi connectivity index (χ3v) is 1.75. The number of rotatable bonds is 5. The second kappa shape index (κ2) is 7.09. The van der Waals surface area contributed by atoms with E-state index in [0.29, 0.717) is 12.5 Å². The van der Waals surface area contributed by atoms with Crippen LogP contribution in [0.5, 0.6) is 0 Å². The second-order valence-corrected chi connectivity index (χ2v) is 4.46. The molecule has 0 aliphatic carbocycles. The Labute approximate surface area is 96.9 Å². The van der Waals surface area contributed by atoms with Crippen molar-refractivity contribution in [1.82, 2.24) is 10.6 Å². The molecule has 0 aromatic carbocycles. The molecule has 0 radical (unpaired) electrons. The molecule has 2 N–H and O–H groups in total. The topological polar surface area (TPSA) is 67.4 Å². The number of alkyl carbamates (subject to hydrolysis) is 1. The van der Waals surface area contributed by atoms with Gasteiger partial charge < -0.3 is 15.4 Å². The van der Waals surface area contributed by atoms with E-state index in [1.165, 1.54) is 0 Å². The second-order valence-electron chi connectivity index (χ2n) is 4.46.